The Morgan fingerprint density at radius 1 is 1.07 bits per heavy atom. The van der Waals surface area contributed by atoms with Crippen molar-refractivity contribution >= 4 is 8.80 Å². The van der Waals surface area contributed by atoms with Gasteiger partial charge in [0.2, 0.25) is 0 Å². The Labute approximate surface area is 92.3 Å². The zero-order valence-corrected chi connectivity index (χ0v) is 10.7. The van der Waals surface area contributed by atoms with Crippen LogP contribution in [-0.2, 0) is 13.3 Å². The Kier molecular flexibility index (Phi) is 8.21. The van der Waals surface area contributed by atoms with E-state index in [9.17, 15) is 0 Å². The van der Waals surface area contributed by atoms with Crippen molar-refractivity contribution in [3.63, 3.8) is 0 Å². The first-order chi connectivity index (χ1) is 7.14. The largest absolute Gasteiger partial charge is 0.500 e. The second-order valence-corrected chi connectivity index (χ2v) is 6.47. The van der Waals surface area contributed by atoms with Gasteiger partial charge in [-0.1, -0.05) is 6.42 Å². The second-order valence-electron chi connectivity index (χ2n) is 3.38. The summed E-state index contributed by atoms with van der Waals surface area (Å²) in [6, 6.07) is 0.731. The highest BCUT2D eigenvalue weighted by Gasteiger charge is 2.36. The van der Waals surface area contributed by atoms with E-state index in [0.29, 0.717) is 6.42 Å². The average Bonchev–Trinajstić information content (AvgIpc) is 2.30. The zero-order chi connectivity index (χ0) is 11.7. The lowest BCUT2D eigenvalue weighted by molar-refractivity contribution is 0.0852. The first-order valence-corrected chi connectivity index (χ1v) is 7.01. The van der Waals surface area contributed by atoms with Crippen LogP contribution in [0.4, 0.5) is 0 Å². The van der Waals surface area contributed by atoms with Crippen molar-refractivity contribution in [1.29, 1.82) is 0 Å². The molecule has 0 saturated carbocycles. The maximum Gasteiger partial charge on any atom is 0.500 e. The van der Waals surface area contributed by atoms with Gasteiger partial charge in [-0.15, -0.1) is 0 Å². The Bertz CT molecular complexity index is 143. The molecule has 0 bridgehead atoms. The number of hydrogen-bond acceptors (Lipinski definition) is 5. The van der Waals surface area contributed by atoms with Gasteiger partial charge >= 0.3 is 8.80 Å². The number of aliphatic hydroxyl groups excluding tert-OH is 2. The summed E-state index contributed by atoms with van der Waals surface area (Å²) in [6.07, 6.45) is 1.66. The van der Waals surface area contributed by atoms with Gasteiger partial charge in [0, 0.05) is 27.4 Å². The summed E-state index contributed by atoms with van der Waals surface area (Å²) in [5.41, 5.74) is 0. The molecule has 0 aliphatic heterocycles. The van der Waals surface area contributed by atoms with Crippen molar-refractivity contribution in [2.24, 2.45) is 0 Å². The lowest BCUT2D eigenvalue weighted by Crippen LogP contribution is -2.42. The van der Waals surface area contributed by atoms with Crippen LogP contribution in [0.3, 0.4) is 0 Å². The smallest absolute Gasteiger partial charge is 0.394 e. The van der Waals surface area contributed by atoms with E-state index in [1.807, 2.05) is 0 Å². The van der Waals surface area contributed by atoms with Gasteiger partial charge in [-0.25, -0.2) is 0 Å². The molecule has 0 aromatic carbocycles. The molecule has 0 saturated heterocycles. The normalized spacial score (nSPS) is 14.2. The fraction of sp³-hybridized carbons (Fsp3) is 1.00. The fourth-order valence-electron chi connectivity index (χ4n) is 1.37. The highest BCUT2D eigenvalue weighted by Crippen LogP contribution is 2.17. The van der Waals surface area contributed by atoms with Crippen LogP contribution in [0.2, 0.25) is 6.04 Å². The molecule has 0 aromatic heterocycles. The van der Waals surface area contributed by atoms with E-state index in [2.05, 4.69) is 0 Å². The van der Waals surface area contributed by atoms with Crippen LogP contribution < -0.4 is 0 Å². The second kappa shape index (κ2) is 8.20. The first-order valence-electron chi connectivity index (χ1n) is 5.08. The van der Waals surface area contributed by atoms with E-state index in [1.165, 1.54) is 0 Å². The van der Waals surface area contributed by atoms with Gasteiger partial charge in [-0.3, -0.25) is 0 Å². The molecular weight excluding hydrogens is 216 g/mol. The molecule has 0 heterocycles. The van der Waals surface area contributed by atoms with Crippen LogP contribution >= 0.6 is 0 Å². The molecule has 1 atom stereocenters. The molecule has 0 spiro atoms. The summed E-state index contributed by atoms with van der Waals surface area (Å²) >= 11 is 0. The van der Waals surface area contributed by atoms with Gasteiger partial charge < -0.3 is 23.5 Å². The van der Waals surface area contributed by atoms with Gasteiger partial charge in [0.15, 0.2) is 0 Å². The van der Waals surface area contributed by atoms with Crippen molar-refractivity contribution in [3.05, 3.63) is 0 Å². The molecule has 0 aromatic rings. The monoisotopic (exact) mass is 238 g/mol. The van der Waals surface area contributed by atoms with Crippen molar-refractivity contribution in [3.8, 4) is 0 Å². The predicted molar refractivity (Wildman–Crippen MR) is 58.5 cm³/mol. The van der Waals surface area contributed by atoms with Crippen molar-refractivity contribution < 1.29 is 23.5 Å². The Morgan fingerprint density at radius 2 is 1.60 bits per heavy atom. The number of rotatable bonds is 9. The minimum atomic E-state index is -2.44. The first kappa shape index (κ1) is 15.0. The summed E-state index contributed by atoms with van der Waals surface area (Å²) in [5.74, 6) is 0. The van der Waals surface area contributed by atoms with E-state index >= 15 is 0 Å². The summed E-state index contributed by atoms with van der Waals surface area (Å²) in [7, 11) is 2.31. The minimum Gasteiger partial charge on any atom is -0.394 e. The topological polar surface area (TPSA) is 68.2 Å². The molecule has 5 nitrogen and oxygen atoms in total. The van der Waals surface area contributed by atoms with E-state index < -0.39 is 14.9 Å². The van der Waals surface area contributed by atoms with E-state index in [4.69, 9.17) is 23.5 Å². The standard InChI is InChI=1S/C9H22O5Si/c1-12-15(13-2,14-3)7-5-4-6-9(11)8-10/h9-11H,4-8H2,1-3H3/t9-/m1/s1. The van der Waals surface area contributed by atoms with Crippen LogP contribution in [0.15, 0.2) is 0 Å². The number of unbranched alkanes of at least 4 members (excludes halogenated alkanes) is 1. The van der Waals surface area contributed by atoms with Crippen molar-refractivity contribution in [2.45, 2.75) is 31.4 Å². The van der Waals surface area contributed by atoms with Crippen molar-refractivity contribution in [1.82, 2.24) is 0 Å². The van der Waals surface area contributed by atoms with Crippen LogP contribution in [0, 0.1) is 0 Å². The van der Waals surface area contributed by atoms with Crippen LogP contribution in [0.5, 0.6) is 0 Å². The maximum absolute atomic E-state index is 9.13. The molecular formula is C9H22O5Si. The third-order valence-corrected chi connectivity index (χ3v) is 5.25. The molecule has 0 unspecified atom stereocenters. The molecule has 2 N–H and O–H groups in total. The maximum atomic E-state index is 9.13. The minimum absolute atomic E-state index is 0.179. The Morgan fingerprint density at radius 3 is 2.00 bits per heavy atom. The molecule has 15 heavy (non-hydrogen) atoms. The number of hydrogen-bond donors (Lipinski definition) is 2. The van der Waals surface area contributed by atoms with Crippen LogP contribution in [-0.4, -0.2) is 53.1 Å². The molecule has 6 heteroatoms. The van der Waals surface area contributed by atoms with Gasteiger partial charge in [-0.05, 0) is 12.8 Å². The summed E-state index contributed by atoms with van der Waals surface area (Å²) < 4.78 is 15.8. The lowest BCUT2D eigenvalue weighted by Gasteiger charge is -2.24. The van der Waals surface area contributed by atoms with E-state index in [0.717, 1.165) is 18.9 Å². The lowest BCUT2D eigenvalue weighted by atomic mass is 10.2. The highest BCUT2D eigenvalue weighted by molar-refractivity contribution is 6.60. The molecule has 0 radical (unpaired) electrons. The van der Waals surface area contributed by atoms with Crippen molar-refractivity contribution in [2.75, 3.05) is 27.9 Å². The summed E-state index contributed by atoms with van der Waals surface area (Å²) in [4.78, 5) is 0. The van der Waals surface area contributed by atoms with E-state index in [1.54, 1.807) is 21.3 Å². The van der Waals surface area contributed by atoms with Gasteiger partial charge in [-0.2, -0.15) is 0 Å². The fourth-order valence-corrected chi connectivity index (χ4v) is 3.16. The summed E-state index contributed by atoms with van der Waals surface area (Å²) in [6.45, 7) is -0.179. The van der Waals surface area contributed by atoms with E-state index in [-0.39, 0.29) is 6.61 Å². The summed E-state index contributed by atoms with van der Waals surface area (Å²) in [5, 5.41) is 17.7. The third-order valence-electron chi connectivity index (χ3n) is 2.41. The van der Waals surface area contributed by atoms with Crippen LogP contribution in [0.1, 0.15) is 19.3 Å². The quantitative estimate of drug-likeness (QED) is 0.449. The van der Waals surface area contributed by atoms with Crippen LogP contribution in [0.25, 0.3) is 0 Å². The Hall–Kier alpha value is 0.0169. The van der Waals surface area contributed by atoms with Gasteiger partial charge in [0.25, 0.3) is 0 Å². The predicted octanol–water partition coefficient (Wildman–Crippen LogP) is 0.388. The molecule has 92 valence electrons. The number of aliphatic hydroxyl groups is 2. The molecule has 0 fully saturated rings. The average molecular weight is 238 g/mol. The third kappa shape index (κ3) is 5.60. The molecule has 0 aliphatic carbocycles. The molecule has 0 aliphatic rings. The highest BCUT2D eigenvalue weighted by atomic mass is 28.4. The van der Waals surface area contributed by atoms with Gasteiger partial charge in [0.05, 0.1) is 12.7 Å². The molecule has 0 rings (SSSR count). The zero-order valence-electron chi connectivity index (χ0n) is 9.73. The Balaban J connectivity index is 3.72. The van der Waals surface area contributed by atoms with Gasteiger partial charge in [0.1, 0.15) is 0 Å². The SMILES string of the molecule is CO[Si](CCCC[C@@H](O)CO)(OC)OC. The molecule has 0 amide bonds.